The number of nitrogens with zero attached hydrogens (tertiary/aromatic N) is 2. The van der Waals surface area contributed by atoms with E-state index in [-0.39, 0.29) is 11.8 Å². The van der Waals surface area contributed by atoms with Gasteiger partial charge in [0.1, 0.15) is 0 Å². The molecule has 2 aromatic carbocycles. The van der Waals surface area contributed by atoms with Gasteiger partial charge in [0.2, 0.25) is 5.91 Å². The quantitative estimate of drug-likeness (QED) is 0.679. The molecule has 0 atom stereocenters. The predicted octanol–water partition coefficient (Wildman–Crippen LogP) is 4.21. The summed E-state index contributed by atoms with van der Waals surface area (Å²) in [5.41, 5.74) is 2.49. The van der Waals surface area contributed by atoms with Crippen LogP contribution < -0.4 is 4.90 Å². The Morgan fingerprint density at radius 3 is 2.40 bits per heavy atom. The Balaban J connectivity index is 2.23. The van der Waals surface area contributed by atoms with E-state index in [1.165, 1.54) is 11.8 Å². The van der Waals surface area contributed by atoms with Gasteiger partial charge in [-0.2, -0.15) is 0 Å². The molecule has 2 aromatic rings. The van der Waals surface area contributed by atoms with Crippen LogP contribution >= 0.6 is 27.7 Å². The number of aryl methyl sites for hydroxylation is 1. The number of thioether (sulfide) groups is 1. The lowest BCUT2D eigenvalue weighted by atomic mass is 10.1. The molecular weight excluding hydrogens is 400 g/mol. The van der Waals surface area contributed by atoms with Crippen molar-refractivity contribution in [1.29, 1.82) is 0 Å². The van der Waals surface area contributed by atoms with Crippen LogP contribution in [0.2, 0.25) is 0 Å². The number of hydrogen-bond acceptors (Lipinski definition) is 3. The van der Waals surface area contributed by atoms with Gasteiger partial charge in [0.25, 0.3) is 5.91 Å². The van der Waals surface area contributed by atoms with Crippen LogP contribution in [0, 0.1) is 6.92 Å². The summed E-state index contributed by atoms with van der Waals surface area (Å²) in [5, 5.41) is 0. The van der Waals surface area contributed by atoms with E-state index >= 15 is 0 Å². The SMILES string of the molecule is Cc1cc(N(C)C(=O)c2ccccc2SCC(=O)N(C)C)ccc1Br. The maximum Gasteiger partial charge on any atom is 0.259 e. The van der Waals surface area contributed by atoms with Crippen LogP contribution in [0.4, 0.5) is 5.69 Å². The number of halogens is 1. The molecule has 2 rings (SSSR count). The second kappa shape index (κ2) is 8.54. The first-order valence-electron chi connectivity index (χ1n) is 7.77. The molecule has 2 amide bonds. The molecule has 25 heavy (non-hydrogen) atoms. The third-order valence-corrected chi connectivity index (χ3v) is 5.75. The van der Waals surface area contributed by atoms with Gasteiger partial charge in [-0.05, 0) is 42.8 Å². The molecule has 0 radical (unpaired) electrons. The van der Waals surface area contributed by atoms with E-state index in [4.69, 9.17) is 0 Å². The number of benzene rings is 2. The Labute approximate surface area is 161 Å². The minimum Gasteiger partial charge on any atom is -0.348 e. The molecule has 0 aliphatic carbocycles. The normalized spacial score (nSPS) is 10.4. The first-order chi connectivity index (χ1) is 11.8. The van der Waals surface area contributed by atoms with Crippen LogP contribution in [-0.4, -0.2) is 43.6 Å². The first-order valence-corrected chi connectivity index (χ1v) is 9.55. The zero-order chi connectivity index (χ0) is 18.6. The molecule has 0 aromatic heterocycles. The van der Waals surface area contributed by atoms with Crippen molar-refractivity contribution in [2.75, 3.05) is 31.8 Å². The van der Waals surface area contributed by atoms with E-state index in [0.29, 0.717) is 11.3 Å². The molecule has 0 N–H and O–H groups in total. The van der Waals surface area contributed by atoms with Gasteiger partial charge in [-0.25, -0.2) is 0 Å². The zero-order valence-corrected chi connectivity index (χ0v) is 17.1. The molecule has 0 bridgehead atoms. The molecule has 132 valence electrons. The average Bonchev–Trinajstić information content (AvgIpc) is 2.60. The standard InChI is InChI=1S/C19H21BrN2O2S/c1-13-11-14(9-10-16(13)20)22(4)19(24)15-7-5-6-8-17(15)25-12-18(23)21(2)3/h5-11H,12H2,1-4H3. The smallest absolute Gasteiger partial charge is 0.259 e. The van der Waals surface area contributed by atoms with Crippen molar-refractivity contribution in [2.24, 2.45) is 0 Å². The van der Waals surface area contributed by atoms with Gasteiger partial charge in [-0.1, -0.05) is 28.1 Å². The van der Waals surface area contributed by atoms with Gasteiger partial charge < -0.3 is 9.80 Å². The maximum atomic E-state index is 12.9. The Kier molecular flexibility index (Phi) is 6.67. The summed E-state index contributed by atoms with van der Waals surface area (Å²) >= 11 is 4.86. The molecule has 0 spiro atoms. The van der Waals surface area contributed by atoms with Crippen molar-refractivity contribution < 1.29 is 9.59 Å². The molecule has 4 nitrogen and oxygen atoms in total. The molecule has 6 heteroatoms. The number of amides is 2. The monoisotopic (exact) mass is 420 g/mol. The molecule has 0 heterocycles. The molecular formula is C19H21BrN2O2S. The summed E-state index contributed by atoms with van der Waals surface area (Å²) in [6, 6.07) is 13.2. The molecule has 0 fully saturated rings. The van der Waals surface area contributed by atoms with E-state index in [1.807, 2.05) is 43.3 Å². The van der Waals surface area contributed by atoms with Crippen molar-refractivity contribution in [3.63, 3.8) is 0 Å². The Morgan fingerprint density at radius 1 is 1.08 bits per heavy atom. The second-order valence-electron chi connectivity index (χ2n) is 5.87. The van der Waals surface area contributed by atoms with Gasteiger partial charge in [-0.3, -0.25) is 9.59 Å². The van der Waals surface area contributed by atoms with Crippen molar-refractivity contribution in [3.05, 3.63) is 58.1 Å². The van der Waals surface area contributed by atoms with Crippen molar-refractivity contribution in [3.8, 4) is 0 Å². The van der Waals surface area contributed by atoms with E-state index < -0.39 is 0 Å². The summed E-state index contributed by atoms with van der Waals surface area (Å²) in [5.74, 6) is 0.226. The highest BCUT2D eigenvalue weighted by molar-refractivity contribution is 9.10. The molecule has 0 saturated heterocycles. The van der Waals surface area contributed by atoms with Crippen LogP contribution in [0.5, 0.6) is 0 Å². The van der Waals surface area contributed by atoms with Crippen LogP contribution in [-0.2, 0) is 4.79 Å². The number of anilines is 1. The lowest BCUT2D eigenvalue weighted by Crippen LogP contribution is -2.27. The summed E-state index contributed by atoms with van der Waals surface area (Å²) in [6.45, 7) is 1.99. The Hall–Kier alpha value is -1.79. The highest BCUT2D eigenvalue weighted by Gasteiger charge is 2.18. The number of rotatable bonds is 5. The van der Waals surface area contributed by atoms with E-state index in [2.05, 4.69) is 15.9 Å². The lowest BCUT2D eigenvalue weighted by Gasteiger charge is -2.20. The fourth-order valence-electron chi connectivity index (χ4n) is 2.17. The molecule has 0 aliphatic heterocycles. The number of carbonyl (C=O) groups is 2. The Morgan fingerprint density at radius 2 is 1.76 bits per heavy atom. The van der Waals surface area contributed by atoms with Gasteiger partial charge in [-0.15, -0.1) is 11.8 Å². The van der Waals surface area contributed by atoms with E-state index in [0.717, 1.165) is 20.6 Å². The second-order valence-corrected chi connectivity index (χ2v) is 7.74. The summed E-state index contributed by atoms with van der Waals surface area (Å²) in [7, 11) is 5.21. The van der Waals surface area contributed by atoms with Crippen molar-refractivity contribution >= 4 is 45.2 Å². The van der Waals surface area contributed by atoms with Crippen LogP contribution in [0.3, 0.4) is 0 Å². The van der Waals surface area contributed by atoms with Gasteiger partial charge in [0.15, 0.2) is 0 Å². The summed E-state index contributed by atoms with van der Waals surface area (Å²) in [6.07, 6.45) is 0. The molecule has 0 aliphatic rings. The average molecular weight is 421 g/mol. The van der Waals surface area contributed by atoms with Crippen LogP contribution in [0.15, 0.2) is 51.8 Å². The third kappa shape index (κ3) is 4.86. The fraction of sp³-hybridized carbons (Fsp3) is 0.263. The van der Waals surface area contributed by atoms with Crippen molar-refractivity contribution in [2.45, 2.75) is 11.8 Å². The summed E-state index contributed by atoms with van der Waals surface area (Å²) < 4.78 is 1.01. The largest absolute Gasteiger partial charge is 0.348 e. The highest BCUT2D eigenvalue weighted by atomic mass is 79.9. The number of carbonyl (C=O) groups excluding carboxylic acids is 2. The fourth-order valence-corrected chi connectivity index (χ4v) is 3.44. The first kappa shape index (κ1) is 19.5. The van der Waals surface area contributed by atoms with Crippen LogP contribution in [0.25, 0.3) is 0 Å². The van der Waals surface area contributed by atoms with Gasteiger partial charge in [0, 0.05) is 36.2 Å². The minimum atomic E-state index is -0.0953. The summed E-state index contributed by atoms with van der Waals surface area (Å²) in [4.78, 5) is 28.8. The van der Waals surface area contributed by atoms with Crippen LogP contribution in [0.1, 0.15) is 15.9 Å². The molecule has 0 saturated carbocycles. The number of hydrogen-bond donors (Lipinski definition) is 0. The van der Waals surface area contributed by atoms with Crippen molar-refractivity contribution in [1.82, 2.24) is 4.90 Å². The molecule has 0 unspecified atom stereocenters. The highest BCUT2D eigenvalue weighted by Crippen LogP contribution is 2.27. The third-order valence-electron chi connectivity index (χ3n) is 3.80. The maximum absolute atomic E-state index is 12.9. The van der Waals surface area contributed by atoms with E-state index in [9.17, 15) is 9.59 Å². The van der Waals surface area contributed by atoms with Gasteiger partial charge >= 0.3 is 0 Å². The lowest BCUT2D eigenvalue weighted by molar-refractivity contribution is -0.125. The Bertz CT molecular complexity index is 793. The van der Waals surface area contributed by atoms with E-state index in [1.54, 1.807) is 37.0 Å². The topological polar surface area (TPSA) is 40.6 Å². The predicted molar refractivity (Wildman–Crippen MR) is 107 cm³/mol. The zero-order valence-electron chi connectivity index (χ0n) is 14.7. The van der Waals surface area contributed by atoms with Gasteiger partial charge in [0.05, 0.1) is 11.3 Å². The minimum absolute atomic E-state index is 0.0177.